The molecule has 0 heterocycles. The maximum absolute atomic E-state index is 5.90. The summed E-state index contributed by atoms with van der Waals surface area (Å²) in [5.74, 6) is 0. The number of rotatable bonds is 7. The summed E-state index contributed by atoms with van der Waals surface area (Å²) < 4.78 is 0. The molecule has 2 heteroatoms. The van der Waals surface area contributed by atoms with Crippen LogP contribution < -0.4 is 5.73 Å². The highest BCUT2D eigenvalue weighted by atomic mass is 15.2. The van der Waals surface area contributed by atoms with Crippen LogP contribution in [0.5, 0.6) is 0 Å². The van der Waals surface area contributed by atoms with E-state index < -0.39 is 0 Å². The maximum Gasteiger partial charge on any atom is 0.0147 e. The van der Waals surface area contributed by atoms with E-state index in [1.807, 2.05) is 0 Å². The fourth-order valence-electron chi connectivity index (χ4n) is 1.91. The van der Waals surface area contributed by atoms with Gasteiger partial charge in [-0.25, -0.2) is 0 Å². The molecule has 2 N–H and O–H groups in total. The third-order valence-electron chi connectivity index (χ3n) is 3.86. The lowest BCUT2D eigenvalue weighted by Crippen LogP contribution is -2.48. The van der Waals surface area contributed by atoms with Crippen LogP contribution in [-0.2, 0) is 0 Å². The molecule has 1 atom stereocenters. The highest BCUT2D eigenvalue weighted by Gasteiger charge is 2.29. The monoisotopic (exact) mass is 214 g/mol. The van der Waals surface area contributed by atoms with Crippen molar-refractivity contribution in [3.8, 4) is 0 Å². The van der Waals surface area contributed by atoms with E-state index in [1.54, 1.807) is 0 Å². The van der Waals surface area contributed by atoms with Crippen molar-refractivity contribution in [2.24, 2.45) is 11.1 Å². The van der Waals surface area contributed by atoms with Gasteiger partial charge in [0.25, 0.3) is 0 Å². The Bertz CT molecular complexity index is 177. The van der Waals surface area contributed by atoms with E-state index in [4.69, 9.17) is 5.73 Å². The second-order valence-corrected chi connectivity index (χ2v) is 5.79. The van der Waals surface area contributed by atoms with Crippen LogP contribution in [0.2, 0.25) is 0 Å². The van der Waals surface area contributed by atoms with Crippen molar-refractivity contribution in [2.45, 2.75) is 59.4 Å². The number of nitrogens with two attached hydrogens (primary N) is 1. The topological polar surface area (TPSA) is 29.3 Å². The van der Waals surface area contributed by atoms with E-state index >= 15 is 0 Å². The molecule has 0 rings (SSSR count). The summed E-state index contributed by atoms with van der Waals surface area (Å²) in [5, 5.41) is 0. The summed E-state index contributed by atoms with van der Waals surface area (Å²) >= 11 is 0. The first-order chi connectivity index (χ1) is 6.81. The smallest absolute Gasteiger partial charge is 0.0147 e. The zero-order chi connectivity index (χ0) is 12.1. The van der Waals surface area contributed by atoms with Crippen LogP contribution in [0.4, 0.5) is 0 Å². The van der Waals surface area contributed by atoms with Gasteiger partial charge in [0.15, 0.2) is 0 Å². The van der Waals surface area contributed by atoms with Crippen molar-refractivity contribution < 1.29 is 0 Å². The standard InChI is InChI=1S/C13H30N2/c1-7-9-13(5,10-14)11-15(6)12(3,4)8-2/h7-11,14H2,1-6H3. The van der Waals surface area contributed by atoms with Crippen LogP contribution >= 0.6 is 0 Å². The Hall–Kier alpha value is -0.0800. The average molecular weight is 214 g/mol. The van der Waals surface area contributed by atoms with Crippen molar-refractivity contribution in [1.29, 1.82) is 0 Å². The Morgan fingerprint density at radius 2 is 1.67 bits per heavy atom. The summed E-state index contributed by atoms with van der Waals surface area (Å²) in [6, 6.07) is 0. The van der Waals surface area contributed by atoms with E-state index in [0.717, 1.165) is 13.1 Å². The van der Waals surface area contributed by atoms with E-state index in [2.05, 4.69) is 46.6 Å². The van der Waals surface area contributed by atoms with E-state index in [0.29, 0.717) is 0 Å². The molecule has 0 aromatic rings. The molecule has 0 aliphatic carbocycles. The van der Waals surface area contributed by atoms with Crippen molar-refractivity contribution in [2.75, 3.05) is 20.1 Å². The molecule has 0 radical (unpaired) electrons. The molecule has 0 aromatic carbocycles. The van der Waals surface area contributed by atoms with Gasteiger partial charge < -0.3 is 10.6 Å². The predicted octanol–water partition coefficient (Wildman–Crippen LogP) is 2.87. The van der Waals surface area contributed by atoms with Gasteiger partial charge in [-0.1, -0.05) is 27.2 Å². The largest absolute Gasteiger partial charge is 0.330 e. The zero-order valence-electron chi connectivity index (χ0n) is 11.6. The van der Waals surface area contributed by atoms with Crippen molar-refractivity contribution in [3.63, 3.8) is 0 Å². The SMILES string of the molecule is CCCC(C)(CN)CN(C)C(C)(C)CC. The fraction of sp³-hybridized carbons (Fsp3) is 1.00. The van der Waals surface area contributed by atoms with Gasteiger partial charge in [0.2, 0.25) is 0 Å². The molecule has 2 nitrogen and oxygen atoms in total. The van der Waals surface area contributed by atoms with Crippen molar-refractivity contribution >= 4 is 0 Å². The number of hydrogen-bond donors (Lipinski definition) is 1. The van der Waals surface area contributed by atoms with E-state index in [-0.39, 0.29) is 11.0 Å². The minimum atomic E-state index is 0.274. The minimum absolute atomic E-state index is 0.274. The molecule has 0 aliphatic heterocycles. The minimum Gasteiger partial charge on any atom is -0.330 e. The van der Waals surface area contributed by atoms with E-state index in [1.165, 1.54) is 19.3 Å². The van der Waals surface area contributed by atoms with E-state index in [9.17, 15) is 0 Å². The Morgan fingerprint density at radius 1 is 1.13 bits per heavy atom. The van der Waals surface area contributed by atoms with Gasteiger partial charge >= 0.3 is 0 Å². The Balaban J connectivity index is 4.41. The van der Waals surface area contributed by atoms with Gasteiger partial charge in [-0.15, -0.1) is 0 Å². The normalized spacial score (nSPS) is 16.8. The lowest BCUT2D eigenvalue weighted by molar-refractivity contribution is 0.0885. The quantitative estimate of drug-likeness (QED) is 0.706. The Labute approximate surface area is 96.2 Å². The Morgan fingerprint density at radius 3 is 2.00 bits per heavy atom. The highest BCUT2D eigenvalue weighted by molar-refractivity contribution is 4.84. The third-order valence-corrected chi connectivity index (χ3v) is 3.86. The molecule has 0 spiro atoms. The van der Waals surface area contributed by atoms with Crippen LogP contribution in [0.15, 0.2) is 0 Å². The van der Waals surface area contributed by atoms with Gasteiger partial charge in [0.1, 0.15) is 0 Å². The van der Waals surface area contributed by atoms with Crippen LogP contribution in [0.25, 0.3) is 0 Å². The van der Waals surface area contributed by atoms with Gasteiger partial charge in [0.05, 0.1) is 0 Å². The van der Waals surface area contributed by atoms with Crippen LogP contribution in [0, 0.1) is 5.41 Å². The second kappa shape index (κ2) is 5.86. The molecule has 0 aliphatic rings. The summed E-state index contributed by atoms with van der Waals surface area (Å²) in [7, 11) is 2.22. The van der Waals surface area contributed by atoms with Crippen molar-refractivity contribution in [1.82, 2.24) is 4.90 Å². The number of nitrogens with zero attached hydrogens (tertiary/aromatic N) is 1. The molecule has 0 bridgehead atoms. The molecule has 0 fully saturated rings. The first kappa shape index (κ1) is 14.9. The molecule has 15 heavy (non-hydrogen) atoms. The molecule has 0 amide bonds. The van der Waals surface area contributed by atoms with Crippen molar-refractivity contribution in [3.05, 3.63) is 0 Å². The molecular formula is C13H30N2. The van der Waals surface area contributed by atoms with Crippen LogP contribution in [0.3, 0.4) is 0 Å². The molecule has 1 unspecified atom stereocenters. The first-order valence-electron chi connectivity index (χ1n) is 6.22. The maximum atomic E-state index is 5.90. The molecular weight excluding hydrogens is 184 g/mol. The predicted molar refractivity (Wildman–Crippen MR) is 69.1 cm³/mol. The molecule has 0 saturated heterocycles. The Kier molecular flexibility index (Phi) is 5.82. The second-order valence-electron chi connectivity index (χ2n) is 5.79. The van der Waals surface area contributed by atoms with Gasteiger partial charge in [-0.3, -0.25) is 0 Å². The van der Waals surface area contributed by atoms with Crippen LogP contribution in [0.1, 0.15) is 53.9 Å². The highest BCUT2D eigenvalue weighted by Crippen LogP contribution is 2.27. The number of hydrogen-bond acceptors (Lipinski definition) is 2. The molecule has 0 saturated carbocycles. The molecule has 92 valence electrons. The summed E-state index contributed by atoms with van der Waals surface area (Å²) in [6.07, 6.45) is 3.61. The summed E-state index contributed by atoms with van der Waals surface area (Å²) in [5.41, 5.74) is 6.46. The van der Waals surface area contributed by atoms with Gasteiger partial charge in [0, 0.05) is 12.1 Å². The fourth-order valence-corrected chi connectivity index (χ4v) is 1.91. The third kappa shape index (κ3) is 4.52. The van der Waals surface area contributed by atoms with Gasteiger partial charge in [-0.2, -0.15) is 0 Å². The molecule has 0 aromatic heterocycles. The summed E-state index contributed by atoms with van der Waals surface area (Å²) in [6.45, 7) is 13.3. The van der Waals surface area contributed by atoms with Gasteiger partial charge in [-0.05, 0) is 45.7 Å². The zero-order valence-corrected chi connectivity index (χ0v) is 11.6. The first-order valence-corrected chi connectivity index (χ1v) is 6.22. The lowest BCUT2D eigenvalue weighted by atomic mass is 9.83. The van der Waals surface area contributed by atoms with Crippen LogP contribution in [-0.4, -0.2) is 30.6 Å². The average Bonchev–Trinajstić information content (AvgIpc) is 2.18. The summed E-state index contributed by atoms with van der Waals surface area (Å²) in [4.78, 5) is 2.45. The lowest BCUT2D eigenvalue weighted by Gasteiger charge is -2.41.